The molecule has 0 atom stereocenters. The molecular weight excluding hydrogens is 315 g/mol. The molecule has 1 aliphatic heterocycles. The average molecular weight is 327 g/mol. The Morgan fingerprint density at radius 3 is 2.43 bits per heavy atom. The van der Waals surface area contributed by atoms with Crippen LogP contribution in [0, 0.1) is 0 Å². The van der Waals surface area contributed by atoms with E-state index in [1.54, 1.807) is 6.07 Å². The molecule has 0 radical (unpaired) electrons. The van der Waals surface area contributed by atoms with E-state index in [0.717, 1.165) is 11.6 Å². The largest absolute Gasteiger partial charge is 0.478 e. The maximum atomic E-state index is 12.5. The number of rotatable bonds is 3. The van der Waals surface area contributed by atoms with Crippen LogP contribution in [0.25, 0.3) is 0 Å². The summed E-state index contributed by atoms with van der Waals surface area (Å²) in [6.45, 7) is -0.283. The van der Waals surface area contributed by atoms with Gasteiger partial charge in [0, 0.05) is 24.7 Å². The summed E-state index contributed by atoms with van der Waals surface area (Å²) in [4.78, 5) is 34.2. The highest BCUT2D eigenvalue weighted by Crippen LogP contribution is 2.25. The monoisotopic (exact) mass is 327 g/mol. The van der Waals surface area contributed by atoms with Gasteiger partial charge in [0.15, 0.2) is 5.78 Å². The topological polar surface area (TPSA) is 74.7 Å². The normalized spacial score (nSPS) is 14.7. The maximum absolute atomic E-state index is 12.5. The van der Waals surface area contributed by atoms with Gasteiger partial charge in [-0.05, 0) is 29.7 Å². The SMILES string of the molecule is O=C(O)C=CC(=O)c1ccc2c(c1)CN(C(=O)C(F)(F)F)CC2. The number of hydrogen-bond acceptors (Lipinski definition) is 3. The van der Waals surface area contributed by atoms with Crippen molar-refractivity contribution in [2.45, 2.75) is 19.1 Å². The zero-order chi connectivity index (χ0) is 17.2. The fourth-order valence-electron chi connectivity index (χ4n) is 2.31. The van der Waals surface area contributed by atoms with Crippen LogP contribution < -0.4 is 0 Å². The fraction of sp³-hybridized carbons (Fsp3) is 0.267. The minimum Gasteiger partial charge on any atom is -0.478 e. The molecule has 0 saturated carbocycles. The highest BCUT2D eigenvalue weighted by atomic mass is 19.4. The smallest absolute Gasteiger partial charge is 0.471 e. The molecule has 0 bridgehead atoms. The number of halogens is 3. The Morgan fingerprint density at radius 1 is 1.13 bits per heavy atom. The lowest BCUT2D eigenvalue weighted by Crippen LogP contribution is -2.43. The molecule has 1 heterocycles. The summed E-state index contributed by atoms with van der Waals surface area (Å²) in [6, 6.07) is 4.47. The van der Waals surface area contributed by atoms with E-state index >= 15 is 0 Å². The third kappa shape index (κ3) is 3.97. The number of carbonyl (C=O) groups is 3. The number of amides is 1. The summed E-state index contributed by atoms with van der Waals surface area (Å²) in [5.74, 6) is -3.77. The number of allylic oxidation sites excluding steroid dienone is 1. The number of benzene rings is 1. The molecule has 0 aliphatic carbocycles. The number of alkyl halides is 3. The lowest BCUT2D eigenvalue weighted by molar-refractivity contribution is -0.186. The van der Waals surface area contributed by atoms with Gasteiger partial charge in [-0.2, -0.15) is 13.2 Å². The quantitative estimate of drug-likeness (QED) is 0.680. The summed E-state index contributed by atoms with van der Waals surface area (Å²) in [5.41, 5.74) is 1.36. The number of fused-ring (bicyclic) bond motifs is 1. The van der Waals surface area contributed by atoms with Gasteiger partial charge in [-0.25, -0.2) is 4.79 Å². The molecule has 1 N–H and O–H groups in total. The number of carboxylic acid groups (broad SMARTS) is 1. The van der Waals surface area contributed by atoms with Crippen LogP contribution in [-0.2, 0) is 22.6 Å². The van der Waals surface area contributed by atoms with Gasteiger partial charge in [0.05, 0.1) is 0 Å². The molecule has 1 aromatic rings. The number of carbonyl (C=O) groups excluding carboxylic acids is 2. The zero-order valence-electron chi connectivity index (χ0n) is 11.8. The molecule has 0 saturated heterocycles. The van der Waals surface area contributed by atoms with Crippen LogP contribution in [0.1, 0.15) is 21.5 Å². The van der Waals surface area contributed by atoms with Crippen molar-refractivity contribution in [3.05, 3.63) is 47.0 Å². The van der Waals surface area contributed by atoms with E-state index in [0.29, 0.717) is 16.5 Å². The van der Waals surface area contributed by atoms with E-state index in [1.165, 1.54) is 12.1 Å². The first-order valence-electron chi connectivity index (χ1n) is 6.61. The predicted molar refractivity (Wildman–Crippen MR) is 72.7 cm³/mol. The van der Waals surface area contributed by atoms with Crippen LogP contribution in [-0.4, -0.2) is 40.4 Å². The van der Waals surface area contributed by atoms with Crippen LogP contribution in [0.2, 0.25) is 0 Å². The second-order valence-electron chi connectivity index (χ2n) is 4.99. The Labute approximate surface area is 129 Å². The van der Waals surface area contributed by atoms with Crippen molar-refractivity contribution in [1.29, 1.82) is 0 Å². The summed E-state index contributed by atoms with van der Waals surface area (Å²) >= 11 is 0. The van der Waals surface area contributed by atoms with Crippen molar-refractivity contribution >= 4 is 17.7 Å². The first-order valence-corrected chi connectivity index (χ1v) is 6.61. The van der Waals surface area contributed by atoms with Crippen molar-refractivity contribution in [3.63, 3.8) is 0 Å². The van der Waals surface area contributed by atoms with Gasteiger partial charge in [-0.15, -0.1) is 0 Å². The van der Waals surface area contributed by atoms with Crippen molar-refractivity contribution in [3.8, 4) is 0 Å². The van der Waals surface area contributed by atoms with Gasteiger partial charge in [0.1, 0.15) is 0 Å². The maximum Gasteiger partial charge on any atom is 0.471 e. The number of nitrogens with zero attached hydrogens (tertiary/aromatic N) is 1. The van der Waals surface area contributed by atoms with Gasteiger partial charge < -0.3 is 10.0 Å². The predicted octanol–water partition coefficient (Wildman–Crippen LogP) is 1.96. The second-order valence-corrected chi connectivity index (χ2v) is 4.99. The zero-order valence-corrected chi connectivity index (χ0v) is 11.8. The summed E-state index contributed by atoms with van der Waals surface area (Å²) in [7, 11) is 0. The molecule has 1 amide bonds. The fourth-order valence-corrected chi connectivity index (χ4v) is 2.31. The first-order chi connectivity index (χ1) is 10.7. The molecule has 0 unspecified atom stereocenters. The van der Waals surface area contributed by atoms with E-state index in [-0.39, 0.29) is 25.1 Å². The van der Waals surface area contributed by atoms with Crippen LogP contribution >= 0.6 is 0 Å². The Bertz CT molecular complexity index is 694. The minimum absolute atomic E-state index is 0.0441. The molecule has 1 aromatic carbocycles. The number of hydrogen-bond donors (Lipinski definition) is 1. The number of aliphatic carboxylic acids is 1. The Hall–Kier alpha value is -2.64. The Balaban J connectivity index is 2.22. The average Bonchev–Trinajstić information content (AvgIpc) is 2.49. The van der Waals surface area contributed by atoms with Gasteiger partial charge in [-0.3, -0.25) is 9.59 Å². The van der Waals surface area contributed by atoms with E-state index in [1.807, 2.05) is 0 Å². The Kier molecular flexibility index (Phi) is 4.53. The summed E-state index contributed by atoms with van der Waals surface area (Å²) in [6.07, 6.45) is -3.13. The van der Waals surface area contributed by atoms with Crippen LogP contribution in [0.5, 0.6) is 0 Å². The van der Waals surface area contributed by atoms with Crippen molar-refractivity contribution in [1.82, 2.24) is 4.90 Å². The molecule has 5 nitrogen and oxygen atoms in total. The van der Waals surface area contributed by atoms with Crippen LogP contribution in [0.3, 0.4) is 0 Å². The van der Waals surface area contributed by atoms with E-state index in [2.05, 4.69) is 0 Å². The summed E-state index contributed by atoms with van der Waals surface area (Å²) < 4.78 is 37.4. The molecule has 0 fully saturated rings. The number of ketones is 1. The molecule has 1 aliphatic rings. The lowest BCUT2D eigenvalue weighted by atomic mass is 9.96. The third-order valence-corrected chi connectivity index (χ3v) is 3.41. The second kappa shape index (κ2) is 6.23. The molecule has 2 rings (SSSR count). The van der Waals surface area contributed by atoms with Crippen LogP contribution in [0.4, 0.5) is 13.2 Å². The molecule has 122 valence electrons. The van der Waals surface area contributed by atoms with E-state index in [4.69, 9.17) is 5.11 Å². The van der Waals surface area contributed by atoms with E-state index in [9.17, 15) is 27.6 Å². The number of carboxylic acids is 1. The molecule has 0 aromatic heterocycles. The molecule has 23 heavy (non-hydrogen) atoms. The highest BCUT2D eigenvalue weighted by molar-refractivity contribution is 6.07. The van der Waals surface area contributed by atoms with Crippen LogP contribution in [0.15, 0.2) is 30.4 Å². The molecule has 0 spiro atoms. The third-order valence-electron chi connectivity index (χ3n) is 3.41. The lowest BCUT2D eigenvalue weighted by Gasteiger charge is -2.29. The van der Waals surface area contributed by atoms with Crippen molar-refractivity contribution in [2.24, 2.45) is 0 Å². The van der Waals surface area contributed by atoms with Gasteiger partial charge in [0.25, 0.3) is 0 Å². The van der Waals surface area contributed by atoms with Crippen molar-refractivity contribution < 1.29 is 32.7 Å². The first kappa shape index (κ1) is 16.7. The highest BCUT2D eigenvalue weighted by Gasteiger charge is 2.43. The molecule has 8 heteroatoms. The van der Waals surface area contributed by atoms with Gasteiger partial charge in [0.2, 0.25) is 0 Å². The van der Waals surface area contributed by atoms with Gasteiger partial charge in [-0.1, -0.05) is 12.1 Å². The van der Waals surface area contributed by atoms with Crippen molar-refractivity contribution in [2.75, 3.05) is 6.54 Å². The van der Waals surface area contributed by atoms with Gasteiger partial charge >= 0.3 is 18.1 Å². The Morgan fingerprint density at radius 2 is 1.83 bits per heavy atom. The molecular formula is C15H12F3NO4. The minimum atomic E-state index is -4.94. The standard InChI is InChI=1S/C15H12F3NO4/c16-15(17,18)14(23)19-6-5-9-1-2-10(7-11(9)8-19)12(20)3-4-13(21)22/h1-4,7H,5-6,8H2,(H,21,22). The summed E-state index contributed by atoms with van der Waals surface area (Å²) in [5, 5.41) is 8.48. The van der Waals surface area contributed by atoms with E-state index < -0.39 is 23.8 Å².